The molecule has 1 aromatic heterocycles. The second kappa shape index (κ2) is 4.18. The number of Topliss-reactive ketones (excluding diaryl/α,β-unsaturated/α-hetero) is 1. The molecule has 0 amide bonds. The third kappa shape index (κ3) is 2.28. The van der Waals surface area contributed by atoms with E-state index in [1.165, 1.54) is 0 Å². The van der Waals surface area contributed by atoms with Crippen LogP contribution in [-0.4, -0.2) is 15.6 Å². The molecule has 0 aliphatic heterocycles. The van der Waals surface area contributed by atoms with Crippen molar-refractivity contribution in [1.29, 1.82) is 0 Å². The molecular formula is C12H13N3O. The number of nitrogens with two attached hydrogens (primary N) is 1. The molecule has 0 unspecified atom stereocenters. The average Bonchev–Trinajstić information content (AvgIpc) is 2.64. The highest BCUT2D eigenvalue weighted by Gasteiger charge is 2.08. The van der Waals surface area contributed by atoms with Crippen molar-refractivity contribution >= 4 is 11.5 Å². The predicted molar refractivity (Wildman–Crippen MR) is 62.1 cm³/mol. The molecule has 0 saturated heterocycles. The molecular weight excluding hydrogens is 202 g/mol. The molecule has 0 radical (unpaired) electrons. The lowest BCUT2D eigenvalue weighted by atomic mass is 10.1. The normalized spacial score (nSPS) is 10.3. The van der Waals surface area contributed by atoms with Crippen molar-refractivity contribution in [2.45, 2.75) is 6.42 Å². The molecule has 0 saturated carbocycles. The zero-order chi connectivity index (χ0) is 11.5. The zero-order valence-corrected chi connectivity index (χ0v) is 9.05. The van der Waals surface area contributed by atoms with Crippen LogP contribution < -0.4 is 5.73 Å². The van der Waals surface area contributed by atoms with Gasteiger partial charge in [0.05, 0.1) is 12.1 Å². The number of aryl methyl sites for hydroxylation is 1. The minimum atomic E-state index is 0.0333. The number of anilines is 1. The Morgan fingerprint density at radius 2 is 2.25 bits per heavy atom. The summed E-state index contributed by atoms with van der Waals surface area (Å²) < 4.78 is 1.68. The van der Waals surface area contributed by atoms with Gasteiger partial charge in [-0.15, -0.1) is 0 Å². The Bertz CT molecular complexity index is 516. The maximum Gasteiger partial charge on any atom is 0.168 e. The SMILES string of the molecule is Cn1ccc(CC(=O)c2cccc(N)c2)n1. The fourth-order valence-electron chi connectivity index (χ4n) is 1.54. The summed E-state index contributed by atoms with van der Waals surface area (Å²) in [6.07, 6.45) is 2.13. The van der Waals surface area contributed by atoms with Crippen LogP contribution >= 0.6 is 0 Å². The van der Waals surface area contributed by atoms with Crippen LogP contribution in [0.5, 0.6) is 0 Å². The first-order valence-corrected chi connectivity index (χ1v) is 5.02. The topological polar surface area (TPSA) is 60.9 Å². The van der Waals surface area contributed by atoms with E-state index in [1.54, 1.807) is 28.9 Å². The van der Waals surface area contributed by atoms with E-state index < -0.39 is 0 Å². The van der Waals surface area contributed by atoms with Gasteiger partial charge in [-0.05, 0) is 18.2 Å². The largest absolute Gasteiger partial charge is 0.399 e. The van der Waals surface area contributed by atoms with Crippen molar-refractivity contribution in [2.75, 3.05) is 5.73 Å². The number of carbonyl (C=O) groups is 1. The highest BCUT2D eigenvalue weighted by Crippen LogP contribution is 2.09. The maximum absolute atomic E-state index is 11.9. The van der Waals surface area contributed by atoms with Gasteiger partial charge in [-0.1, -0.05) is 12.1 Å². The summed E-state index contributed by atoms with van der Waals surface area (Å²) in [5.41, 5.74) is 7.63. The van der Waals surface area contributed by atoms with E-state index in [2.05, 4.69) is 5.10 Å². The van der Waals surface area contributed by atoms with Crippen molar-refractivity contribution in [3.8, 4) is 0 Å². The molecule has 2 rings (SSSR count). The number of nitrogens with zero attached hydrogens (tertiary/aromatic N) is 2. The van der Waals surface area contributed by atoms with Gasteiger partial charge < -0.3 is 5.73 Å². The first kappa shape index (κ1) is 10.4. The van der Waals surface area contributed by atoms with E-state index in [4.69, 9.17) is 5.73 Å². The van der Waals surface area contributed by atoms with E-state index in [1.807, 2.05) is 19.3 Å². The highest BCUT2D eigenvalue weighted by molar-refractivity contribution is 5.97. The Kier molecular flexibility index (Phi) is 2.72. The van der Waals surface area contributed by atoms with Gasteiger partial charge in [-0.3, -0.25) is 9.48 Å². The lowest BCUT2D eigenvalue weighted by Crippen LogP contribution is -2.05. The molecule has 1 aromatic carbocycles. The maximum atomic E-state index is 11.9. The standard InChI is InChI=1S/C12H13N3O/c1-15-6-5-11(14-15)8-12(16)9-3-2-4-10(13)7-9/h2-7H,8,13H2,1H3. The van der Waals surface area contributed by atoms with Crippen molar-refractivity contribution in [1.82, 2.24) is 9.78 Å². The minimum Gasteiger partial charge on any atom is -0.399 e. The van der Waals surface area contributed by atoms with Crippen LogP contribution in [0.25, 0.3) is 0 Å². The summed E-state index contributed by atoms with van der Waals surface area (Å²) in [5.74, 6) is 0.0333. The second-order valence-electron chi connectivity index (χ2n) is 3.71. The van der Waals surface area contributed by atoms with E-state index in [-0.39, 0.29) is 5.78 Å². The van der Waals surface area contributed by atoms with Crippen LogP contribution in [0.15, 0.2) is 36.5 Å². The van der Waals surface area contributed by atoms with Crippen molar-refractivity contribution in [3.63, 3.8) is 0 Å². The van der Waals surface area contributed by atoms with Gasteiger partial charge in [0, 0.05) is 24.5 Å². The van der Waals surface area contributed by atoms with Gasteiger partial charge >= 0.3 is 0 Å². The zero-order valence-electron chi connectivity index (χ0n) is 9.05. The molecule has 0 spiro atoms. The van der Waals surface area contributed by atoms with E-state index in [0.717, 1.165) is 5.69 Å². The molecule has 4 nitrogen and oxygen atoms in total. The Hall–Kier alpha value is -2.10. The van der Waals surface area contributed by atoms with Crippen LogP contribution in [0.2, 0.25) is 0 Å². The fraction of sp³-hybridized carbons (Fsp3) is 0.167. The number of hydrogen-bond acceptors (Lipinski definition) is 3. The summed E-state index contributed by atoms with van der Waals surface area (Å²) >= 11 is 0. The van der Waals surface area contributed by atoms with Crippen LogP contribution in [0.1, 0.15) is 16.1 Å². The van der Waals surface area contributed by atoms with Gasteiger partial charge in [0.15, 0.2) is 5.78 Å². The summed E-state index contributed by atoms with van der Waals surface area (Å²) in [6, 6.07) is 8.83. The lowest BCUT2D eigenvalue weighted by molar-refractivity contribution is 0.0992. The number of aromatic nitrogens is 2. The fourth-order valence-corrected chi connectivity index (χ4v) is 1.54. The third-order valence-electron chi connectivity index (χ3n) is 2.32. The van der Waals surface area contributed by atoms with Gasteiger partial charge in [0.25, 0.3) is 0 Å². The summed E-state index contributed by atoms with van der Waals surface area (Å²) in [4.78, 5) is 11.9. The Labute approximate surface area is 93.7 Å². The molecule has 0 aliphatic rings. The molecule has 2 N–H and O–H groups in total. The van der Waals surface area contributed by atoms with Gasteiger partial charge in [0.1, 0.15) is 0 Å². The molecule has 16 heavy (non-hydrogen) atoms. The third-order valence-corrected chi connectivity index (χ3v) is 2.32. The van der Waals surface area contributed by atoms with Crippen LogP contribution in [0.4, 0.5) is 5.69 Å². The number of rotatable bonds is 3. The minimum absolute atomic E-state index is 0.0333. The molecule has 2 aromatic rings. The average molecular weight is 215 g/mol. The quantitative estimate of drug-likeness (QED) is 0.622. The number of benzene rings is 1. The number of nitrogen functional groups attached to an aromatic ring is 1. The van der Waals surface area contributed by atoms with Gasteiger partial charge in [-0.2, -0.15) is 5.10 Å². The molecule has 82 valence electrons. The molecule has 0 fully saturated rings. The Balaban J connectivity index is 2.14. The van der Waals surface area contributed by atoms with Crippen LogP contribution in [0, 0.1) is 0 Å². The van der Waals surface area contributed by atoms with E-state index in [9.17, 15) is 4.79 Å². The predicted octanol–water partition coefficient (Wildman–Crippen LogP) is 1.43. The molecule has 4 heteroatoms. The van der Waals surface area contributed by atoms with Crippen molar-refractivity contribution in [2.24, 2.45) is 7.05 Å². The summed E-state index contributed by atoms with van der Waals surface area (Å²) in [5, 5.41) is 4.16. The first-order valence-electron chi connectivity index (χ1n) is 5.02. The van der Waals surface area contributed by atoms with Gasteiger partial charge in [-0.25, -0.2) is 0 Å². The van der Waals surface area contributed by atoms with Crippen molar-refractivity contribution < 1.29 is 4.79 Å². The van der Waals surface area contributed by atoms with Gasteiger partial charge in [0.2, 0.25) is 0 Å². The molecule has 1 heterocycles. The smallest absolute Gasteiger partial charge is 0.168 e. The van der Waals surface area contributed by atoms with E-state index >= 15 is 0 Å². The van der Waals surface area contributed by atoms with Crippen molar-refractivity contribution in [3.05, 3.63) is 47.8 Å². The number of ketones is 1. The van der Waals surface area contributed by atoms with E-state index in [0.29, 0.717) is 17.7 Å². The first-order chi connectivity index (χ1) is 7.65. The molecule has 0 aliphatic carbocycles. The van der Waals surface area contributed by atoms with Crippen LogP contribution in [0.3, 0.4) is 0 Å². The monoisotopic (exact) mass is 215 g/mol. The van der Waals surface area contributed by atoms with Crippen LogP contribution in [-0.2, 0) is 13.5 Å². The molecule has 0 bridgehead atoms. The second-order valence-corrected chi connectivity index (χ2v) is 3.71. The summed E-state index contributed by atoms with van der Waals surface area (Å²) in [6.45, 7) is 0. The lowest BCUT2D eigenvalue weighted by Gasteiger charge is -2.00. The molecule has 0 atom stereocenters. The highest BCUT2D eigenvalue weighted by atomic mass is 16.1. The number of hydrogen-bond donors (Lipinski definition) is 1. The number of carbonyl (C=O) groups excluding carboxylic acids is 1. The summed E-state index contributed by atoms with van der Waals surface area (Å²) in [7, 11) is 1.83. The Morgan fingerprint density at radius 1 is 1.44 bits per heavy atom. The Morgan fingerprint density at radius 3 is 2.88 bits per heavy atom.